The summed E-state index contributed by atoms with van der Waals surface area (Å²) in [5.41, 5.74) is 0. The molecule has 0 saturated carbocycles. The third kappa shape index (κ3) is 3.59. The van der Waals surface area contributed by atoms with E-state index in [1.54, 1.807) is 0 Å². The van der Waals surface area contributed by atoms with E-state index in [2.05, 4.69) is 15.4 Å². The zero-order chi connectivity index (χ0) is 14.7. The summed E-state index contributed by atoms with van der Waals surface area (Å²) in [4.78, 5) is 18.3. The summed E-state index contributed by atoms with van der Waals surface area (Å²) in [5, 5.41) is 7.87. The van der Waals surface area contributed by atoms with Gasteiger partial charge in [0, 0.05) is 38.5 Å². The zero-order valence-electron chi connectivity index (χ0n) is 12.5. The normalized spacial score (nSPS) is 22.1. The molecule has 7 heteroatoms. The molecule has 116 valence electrons. The summed E-state index contributed by atoms with van der Waals surface area (Å²) in [6.07, 6.45) is 2.57. The molecule has 2 aliphatic rings. The van der Waals surface area contributed by atoms with Gasteiger partial charge in [-0.3, -0.25) is 4.79 Å². The Hall–Kier alpha value is -1.47. The van der Waals surface area contributed by atoms with Crippen molar-refractivity contribution in [1.82, 2.24) is 25.0 Å². The quantitative estimate of drug-likeness (QED) is 0.828. The van der Waals surface area contributed by atoms with Crippen molar-refractivity contribution in [3.8, 4) is 0 Å². The fourth-order valence-corrected chi connectivity index (χ4v) is 2.95. The first kappa shape index (κ1) is 14.5. The van der Waals surface area contributed by atoms with Gasteiger partial charge in [0.15, 0.2) is 0 Å². The molecule has 0 spiro atoms. The van der Waals surface area contributed by atoms with E-state index >= 15 is 0 Å². The highest BCUT2D eigenvalue weighted by Crippen LogP contribution is 2.12. The second-order valence-electron chi connectivity index (χ2n) is 5.69. The van der Waals surface area contributed by atoms with Gasteiger partial charge in [-0.15, -0.1) is 0 Å². The summed E-state index contributed by atoms with van der Waals surface area (Å²) < 4.78 is 7.25. The molecule has 0 radical (unpaired) electrons. The number of nitrogens with zero attached hydrogens (tertiary/aromatic N) is 4. The van der Waals surface area contributed by atoms with E-state index in [4.69, 9.17) is 4.74 Å². The van der Waals surface area contributed by atoms with E-state index in [-0.39, 0.29) is 5.91 Å². The van der Waals surface area contributed by atoms with Gasteiger partial charge < -0.3 is 15.0 Å². The monoisotopic (exact) mass is 293 g/mol. The molecule has 3 rings (SSSR count). The van der Waals surface area contributed by atoms with Crippen molar-refractivity contribution in [2.45, 2.75) is 38.8 Å². The molecule has 2 aliphatic heterocycles. The Balaban J connectivity index is 1.41. The van der Waals surface area contributed by atoms with Crippen LogP contribution >= 0.6 is 0 Å². The molecule has 1 amide bonds. The van der Waals surface area contributed by atoms with Gasteiger partial charge in [0.1, 0.15) is 11.6 Å². The minimum atomic E-state index is 0.221. The number of aromatic nitrogens is 3. The van der Waals surface area contributed by atoms with E-state index in [1.807, 2.05) is 16.5 Å². The Kier molecular flexibility index (Phi) is 4.50. The highest BCUT2D eigenvalue weighted by atomic mass is 16.5. The van der Waals surface area contributed by atoms with Crippen molar-refractivity contribution in [2.24, 2.45) is 0 Å². The minimum absolute atomic E-state index is 0.221. The highest BCUT2D eigenvalue weighted by Gasteiger charge is 2.21. The van der Waals surface area contributed by atoms with E-state index in [1.165, 1.54) is 0 Å². The predicted octanol–water partition coefficient (Wildman–Crippen LogP) is -0.260. The van der Waals surface area contributed by atoms with Crippen molar-refractivity contribution in [3.63, 3.8) is 0 Å². The van der Waals surface area contributed by atoms with Gasteiger partial charge >= 0.3 is 0 Å². The van der Waals surface area contributed by atoms with Crippen molar-refractivity contribution in [2.75, 3.05) is 32.8 Å². The predicted molar refractivity (Wildman–Crippen MR) is 76.9 cm³/mol. The van der Waals surface area contributed by atoms with Gasteiger partial charge in [-0.05, 0) is 13.3 Å². The van der Waals surface area contributed by atoms with Crippen LogP contribution in [0.4, 0.5) is 0 Å². The number of ether oxygens (including phenoxy) is 1. The van der Waals surface area contributed by atoms with Crippen molar-refractivity contribution in [1.29, 1.82) is 0 Å². The Labute approximate surface area is 124 Å². The molecule has 1 N–H and O–H groups in total. The SMILES string of the molecule is Cc1nc2n(n1)CC(NCCC(=O)N1CCOCC1)CC2. The van der Waals surface area contributed by atoms with Gasteiger partial charge in [0.2, 0.25) is 5.91 Å². The Bertz CT molecular complexity index is 496. The molecule has 3 heterocycles. The van der Waals surface area contributed by atoms with Crippen LogP contribution in [-0.2, 0) is 22.5 Å². The lowest BCUT2D eigenvalue weighted by molar-refractivity contribution is -0.135. The van der Waals surface area contributed by atoms with Gasteiger partial charge in [0.25, 0.3) is 0 Å². The molecule has 1 fully saturated rings. The molecule has 1 atom stereocenters. The van der Waals surface area contributed by atoms with Crippen LogP contribution in [0.25, 0.3) is 0 Å². The van der Waals surface area contributed by atoms with Gasteiger partial charge in [-0.2, -0.15) is 5.10 Å². The number of fused-ring (bicyclic) bond motifs is 1. The minimum Gasteiger partial charge on any atom is -0.378 e. The topological polar surface area (TPSA) is 72.3 Å². The zero-order valence-corrected chi connectivity index (χ0v) is 12.5. The maximum atomic E-state index is 12.0. The smallest absolute Gasteiger partial charge is 0.224 e. The summed E-state index contributed by atoms with van der Waals surface area (Å²) in [5.74, 6) is 2.14. The average molecular weight is 293 g/mol. The molecule has 7 nitrogen and oxygen atoms in total. The number of carbonyl (C=O) groups is 1. The lowest BCUT2D eigenvalue weighted by Crippen LogP contribution is -2.43. The molecule has 0 aromatic carbocycles. The fraction of sp³-hybridized carbons (Fsp3) is 0.786. The van der Waals surface area contributed by atoms with Gasteiger partial charge in [-0.25, -0.2) is 9.67 Å². The number of hydrogen-bond donors (Lipinski definition) is 1. The number of rotatable bonds is 4. The molecular weight excluding hydrogens is 270 g/mol. The molecule has 1 saturated heterocycles. The lowest BCUT2D eigenvalue weighted by Gasteiger charge is -2.28. The van der Waals surface area contributed by atoms with Gasteiger partial charge in [0.05, 0.1) is 19.8 Å². The number of nitrogens with one attached hydrogen (secondary N) is 1. The van der Waals surface area contributed by atoms with E-state index in [0.717, 1.165) is 50.7 Å². The third-order valence-corrected chi connectivity index (χ3v) is 4.10. The number of aryl methyl sites for hydroxylation is 2. The molecule has 1 unspecified atom stereocenters. The summed E-state index contributed by atoms with van der Waals surface area (Å²) >= 11 is 0. The second kappa shape index (κ2) is 6.53. The van der Waals surface area contributed by atoms with Crippen LogP contribution in [0, 0.1) is 6.92 Å². The van der Waals surface area contributed by atoms with Crippen LogP contribution in [0.5, 0.6) is 0 Å². The molecular formula is C14H23N5O2. The van der Waals surface area contributed by atoms with Crippen molar-refractivity contribution in [3.05, 3.63) is 11.6 Å². The molecule has 1 aromatic heterocycles. The van der Waals surface area contributed by atoms with Gasteiger partial charge in [-0.1, -0.05) is 0 Å². The van der Waals surface area contributed by atoms with E-state index in [0.29, 0.717) is 25.7 Å². The standard InChI is InChI=1S/C14H23N5O2/c1-11-16-13-3-2-12(10-19(13)17-11)15-5-4-14(20)18-6-8-21-9-7-18/h12,15H,2-10H2,1H3. The summed E-state index contributed by atoms with van der Waals surface area (Å²) in [7, 11) is 0. The van der Waals surface area contributed by atoms with Crippen LogP contribution in [0.15, 0.2) is 0 Å². The molecule has 1 aromatic rings. The van der Waals surface area contributed by atoms with E-state index < -0.39 is 0 Å². The maximum absolute atomic E-state index is 12.0. The number of carbonyl (C=O) groups excluding carboxylic acids is 1. The summed E-state index contributed by atoms with van der Waals surface area (Å²) in [6, 6.07) is 0.385. The van der Waals surface area contributed by atoms with Crippen molar-refractivity contribution >= 4 is 5.91 Å². The van der Waals surface area contributed by atoms with Crippen LogP contribution < -0.4 is 5.32 Å². The number of hydrogen-bond acceptors (Lipinski definition) is 5. The molecule has 21 heavy (non-hydrogen) atoms. The largest absolute Gasteiger partial charge is 0.378 e. The first-order valence-corrected chi connectivity index (χ1v) is 7.71. The maximum Gasteiger partial charge on any atom is 0.224 e. The van der Waals surface area contributed by atoms with Crippen molar-refractivity contribution < 1.29 is 9.53 Å². The Morgan fingerprint density at radius 2 is 2.24 bits per heavy atom. The summed E-state index contributed by atoms with van der Waals surface area (Å²) in [6.45, 7) is 6.28. The molecule has 0 bridgehead atoms. The first-order valence-electron chi connectivity index (χ1n) is 7.71. The Morgan fingerprint density at radius 1 is 1.43 bits per heavy atom. The lowest BCUT2D eigenvalue weighted by atomic mass is 10.1. The van der Waals surface area contributed by atoms with Crippen LogP contribution in [0.1, 0.15) is 24.5 Å². The Morgan fingerprint density at radius 3 is 3.05 bits per heavy atom. The fourth-order valence-electron chi connectivity index (χ4n) is 2.95. The number of morpholine rings is 1. The van der Waals surface area contributed by atoms with E-state index in [9.17, 15) is 4.79 Å². The second-order valence-corrected chi connectivity index (χ2v) is 5.69. The highest BCUT2D eigenvalue weighted by molar-refractivity contribution is 5.76. The first-order chi connectivity index (χ1) is 10.2. The number of amides is 1. The third-order valence-electron chi connectivity index (χ3n) is 4.10. The van der Waals surface area contributed by atoms with Crippen LogP contribution in [0.3, 0.4) is 0 Å². The molecule has 0 aliphatic carbocycles. The van der Waals surface area contributed by atoms with Crippen LogP contribution in [-0.4, -0.2) is 64.5 Å². The van der Waals surface area contributed by atoms with Crippen LogP contribution in [0.2, 0.25) is 0 Å². The average Bonchev–Trinajstić information content (AvgIpc) is 2.87.